The van der Waals surface area contributed by atoms with Crippen molar-refractivity contribution in [2.45, 2.75) is 32.1 Å². The lowest BCUT2D eigenvalue weighted by Crippen LogP contribution is -2.35. The molecule has 0 spiro atoms. The molecule has 1 aromatic heterocycles. The highest BCUT2D eigenvalue weighted by atomic mass is 32.2. The first-order valence-electron chi connectivity index (χ1n) is 10.8. The molecular formula is C24H22N4O4S. The molecule has 3 aliphatic rings. The Labute approximate surface area is 194 Å². The number of amides is 1. The van der Waals surface area contributed by atoms with Crippen molar-refractivity contribution in [3.05, 3.63) is 53.3 Å². The molecule has 2 aliphatic heterocycles. The molecule has 0 bridgehead atoms. The maximum absolute atomic E-state index is 12.7. The number of hydrogen-bond acceptors (Lipinski definition) is 7. The maximum Gasteiger partial charge on any atom is 0.337 e. The molecule has 1 saturated carbocycles. The monoisotopic (exact) mass is 462 g/mol. The van der Waals surface area contributed by atoms with Gasteiger partial charge >= 0.3 is 5.97 Å². The minimum absolute atomic E-state index is 0.00342. The summed E-state index contributed by atoms with van der Waals surface area (Å²) < 4.78 is 10.6. The standard InChI is InChI=1S/C24H22N4O4S/c1-31-23(30)16-9-7-14(8-10-16)19-12-11-17(32-19)13-18-20(25)28-24(26-21(18)29)33-22(27-28)15-5-3-2-4-6-15/h7-13,15,25H,2-6H2,1H3/b18-13+,25-20?. The second kappa shape index (κ2) is 8.82. The van der Waals surface area contributed by atoms with Crippen LogP contribution < -0.4 is 0 Å². The third-order valence-corrected chi connectivity index (χ3v) is 7.00. The molecule has 1 aliphatic carbocycles. The fraction of sp³-hybridized carbons (Fsp3) is 0.292. The second-order valence-electron chi connectivity index (χ2n) is 8.06. The van der Waals surface area contributed by atoms with Crippen LogP contribution in [0.2, 0.25) is 0 Å². The Hall–Kier alpha value is -3.46. The number of fused-ring (bicyclic) bond motifs is 1. The predicted molar refractivity (Wildman–Crippen MR) is 127 cm³/mol. The quantitative estimate of drug-likeness (QED) is 0.510. The van der Waals surface area contributed by atoms with Crippen LogP contribution in [0.25, 0.3) is 17.4 Å². The van der Waals surface area contributed by atoms with Gasteiger partial charge in [0, 0.05) is 11.5 Å². The van der Waals surface area contributed by atoms with Gasteiger partial charge in [-0.25, -0.2) is 4.79 Å². The van der Waals surface area contributed by atoms with Gasteiger partial charge in [0.15, 0.2) is 5.84 Å². The minimum Gasteiger partial charge on any atom is -0.465 e. The van der Waals surface area contributed by atoms with E-state index in [9.17, 15) is 9.59 Å². The van der Waals surface area contributed by atoms with Gasteiger partial charge in [-0.05, 0) is 54.9 Å². The molecule has 1 aromatic carbocycles. The summed E-state index contributed by atoms with van der Waals surface area (Å²) in [5.74, 6) is 0.507. The average Bonchev–Trinajstić information content (AvgIpc) is 3.49. The number of methoxy groups -OCH3 is 1. The summed E-state index contributed by atoms with van der Waals surface area (Å²) in [5.41, 5.74) is 1.35. The highest BCUT2D eigenvalue weighted by Gasteiger charge is 2.38. The molecule has 9 heteroatoms. The van der Waals surface area contributed by atoms with E-state index in [1.54, 1.807) is 36.4 Å². The van der Waals surface area contributed by atoms with Crippen LogP contribution in [0.1, 0.15) is 48.2 Å². The van der Waals surface area contributed by atoms with E-state index in [0.29, 0.717) is 28.2 Å². The third-order valence-electron chi connectivity index (χ3n) is 5.93. The molecule has 33 heavy (non-hydrogen) atoms. The topological polar surface area (TPSA) is 108 Å². The van der Waals surface area contributed by atoms with Crippen molar-refractivity contribution in [3.8, 4) is 11.3 Å². The first kappa shape index (κ1) is 21.4. The fourth-order valence-corrected chi connectivity index (χ4v) is 5.20. The van der Waals surface area contributed by atoms with E-state index >= 15 is 0 Å². The van der Waals surface area contributed by atoms with Crippen LogP contribution in [0, 0.1) is 11.3 Å². The van der Waals surface area contributed by atoms with Crippen molar-refractivity contribution in [1.82, 2.24) is 5.01 Å². The van der Waals surface area contributed by atoms with E-state index in [4.69, 9.17) is 14.6 Å². The Morgan fingerprint density at radius 3 is 2.67 bits per heavy atom. The number of nitrogens with zero attached hydrogens (tertiary/aromatic N) is 3. The number of nitrogens with one attached hydrogen (secondary N) is 1. The van der Waals surface area contributed by atoms with Crippen LogP contribution in [-0.4, -0.2) is 40.0 Å². The number of rotatable bonds is 4. The van der Waals surface area contributed by atoms with Gasteiger partial charge in [0.05, 0.1) is 18.2 Å². The van der Waals surface area contributed by atoms with Crippen molar-refractivity contribution < 1.29 is 18.7 Å². The molecule has 168 valence electrons. The molecule has 1 fully saturated rings. The van der Waals surface area contributed by atoms with E-state index in [1.807, 2.05) is 0 Å². The molecule has 3 heterocycles. The summed E-state index contributed by atoms with van der Waals surface area (Å²) in [6.45, 7) is 0. The molecule has 1 amide bonds. The minimum atomic E-state index is -0.473. The number of hydrogen-bond donors (Lipinski definition) is 1. The molecule has 0 atom stereocenters. The van der Waals surface area contributed by atoms with Gasteiger partial charge < -0.3 is 9.15 Å². The number of furan rings is 1. The summed E-state index contributed by atoms with van der Waals surface area (Å²) in [7, 11) is 1.34. The number of ether oxygens (including phenoxy) is 1. The molecule has 5 rings (SSSR count). The maximum atomic E-state index is 12.7. The number of thioether (sulfide) groups is 1. The lowest BCUT2D eigenvalue weighted by atomic mass is 9.90. The SMILES string of the molecule is COC(=O)c1ccc(-c2ccc(/C=C3\C(=N)N4N=C(C5CCCCC5)SC4=NC3=O)o2)cc1. The Morgan fingerprint density at radius 2 is 1.94 bits per heavy atom. The van der Waals surface area contributed by atoms with Gasteiger partial charge in [-0.2, -0.15) is 15.1 Å². The van der Waals surface area contributed by atoms with Crippen molar-refractivity contribution in [1.29, 1.82) is 5.41 Å². The molecule has 2 aromatic rings. The average molecular weight is 463 g/mol. The zero-order valence-electron chi connectivity index (χ0n) is 18.0. The molecule has 0 radical (unpaired) electrons. The normalized spacial score (nSPS) is 20.0. The van der Waals surface area contributed by atoms with Crippen LogP contribution in [-0.2, 0) is 9.53 Å². The van der Waals surface area contributed by atoms with Gasteiger partial charge in [0.2, 0.25) is 5.17 Å². The van der Waals surface area contributed by atoms with Crippen LogP contribution in [0.5, 0.6) is 0 Å². The molecule has 0 saturated heterocycles. The van der Waals surface area contributed by atoms with Gasteiger partial charge in [-0.1, -0.05) is 31.4 Å². The number of carbonyl (C=O) groups excluding carboxylic acids is 2. The van der Waals surface area contributed by atoms with Crippen molar-refractivity contribution in [2.75, 3.05) is 7.11 Å². The van der Waals surface area contributed by atoms with Crippen LogP contribution in [0.3, 0.4) is 0 Å². The summed E-state index contributed by atoms with van der Waals surface area (Å²) in [4.78, 5) is 28.4. The number of esters is 1. The van der Waals surface area contributed by atoms with Gasteiger partial charge in [-0.3, -0.25) is 10.2 Å². The third kappa shape index (κ3) is 4.16. The molecule has 0 unspecified atom stereocenters. The first-order chi connectivity index (χ1) is 16.0. The number of benzene rings is 1. The van der Waals surface area contributed by atoms with Gasteiger partial charge in [-0.15, -0.1) is 0 Å². The Balaban J connectivity index is 1.36. The first-order valence-corrected chi connectivity index (χ1v) is 11.6. The fourth-order valence-electron chi connectivity index (χ4n) is 4.14. The van der Waals surface area contributed by atoms with E-state index in [1.165, 1.54) is 49.2 Å². The van der Waals surface area contributed by atoms with E-state index in [0.717, 1.165) is 23.4 Å². The highest BCUT2D eigenvalue weighted by molar-refractivity contribution is 8.27. The lowest BCUT2D eigenvalue weighted by molar-refractivity contribution is -0.114. The molecular weight excluding hydrogens is 440 g/mol. The number of carbonyl (C=O) groups is 2. The summed E-state index contributed by atoms with van der Waals surface area (Å²) >= 11 is 1.40. The van der Waals surface area contributed by atoms with Crippen molar-refractivity contribution in [2.24, 2.45) is 16.0 Å². The Bertz CT molecular complexity index is 1220. The van der Waals surface area contributed by atoms with Crippen LogP contribution in [0.4, 0.5) is 0 Å². The summed E-state index contributed by atoms with van der Waals surface area (Å²) in [6.07, 6.45) is 7.32. The smallest absolute Gasteiger partial charge is 0.337 e. The number of amidine groups is 2. The van der Waals surface area contributed by atoms with Gasteiger partial charge in [0.25, 0.3) is 5.91 Å². The Kier molecular flexibility index (Phi) is 5.72. The van der Waals surface area contributed by atoms with Crippen molar-refractivity contribution >= 4 is 45.8 Å². The highest BCUT2D eigenvalue weighted by Crippen LogP contribution is 2.36. The van der Waals surface area contributed by atoms with Crippen molar-refractivity contribution in [3.63, 3.8) is 0 Å². The zero-order valence-corrected chi connectivity index (χ0v) is 18.9. The van der Waals surface area contributed by atoms with Gasteiger partial charge in [0.1, 0.15) is 16.6 Å². The summed E-state index contributed by atoms with van der Waals surface area (Å²) in [5, 5.41) is 16.0. The largest absolute Gasteiger partial charge is 0.465 e. The predicted octanol–water partition coefficient (Wildman–Crippen LogP) is 4.93. The molecule has 8 nitrogen and oxygen atoms in total. The second-order valence-corrected chi connectivity index (χ2v) is 9.05. The zero-order chi connectivity index (χ0) is 22.9. The molecule has 1 N–H and O–H groups in total. The number of hydrazone groups is 1. The van der Waals surface area contributed by atoms with E-state index < -0.39 is 11.9 Å². The number of aliphatic imine (C=N–C) groups is 1. The Morgan fingerprint density at radius 1 is 1.18 bits per heavy atom. The van der Waals surface area contributed by atoms with E-state index in [-0.39, 0.29) is 11.4 Å². The van der Waals surface area contributed by atoms with Crippen LogP contribution in [0.15, 0.2) is 56.5 Å². The lowest BCUT2D eigenvalue weighted by Gasteiger charge is -2.20. The summed E-state index contributed by atoms with van der Waals surface area (Å²) in [6, 6.07) is 10.3. The van der Waals surface area contributed by atoms with E-state index in [2.05, 4.69) is 10.1 Å². The van der Waals surface area contributed by atoms with Crippen LogP contribution >= 0.6 is 11.8 Å².